The average Bonchev–Trinajstić information content (AvgIpc) is 3.66. The molecular weight excluding hydrogens is 582 g/mol. The lowest BCUT2D eigenvalue weighted by atomic mass is 9.88. The minimum Gasteiger partial charge on any atom is -0.493 e. The number of fused-ring (bicyclic) bond motifs is 3. The lowest BCUT2D eigenvalue weighted by molar-refractivity contribution is -0.133. The summed E-state index contributed by atoms with van der Waals surface area (Å²) in [4.78, 5) is 48.0. The highest BCUT2D eigenvalue weighted by Crippen LogP contribution is 2.49. The molecule has 0 radical (unpaired) electrons. The molecule has 1 saturated carbocycles. The third kappa shape index (κ3) is 5.71. The molecule has 1 aromatic heterocycles. The van der Waals surface area contributed by atoms with Crippen molar-refractivity contribution >= 4 is 28.6 Å². The zero-order chi connectivity index (χ0) is 32.0. The van der Waals surface area contributed by atoms with Crippen LogP contribution in [0, 0.1) is 12.3 Å². The number of ether oxygens (including phenoxy) is 3. The molecule has 46 heavy (non-hydrogen) atoms. The molecule has 4 aromatic rings. The molecule has 2 saturated heterocycles. The quantitative estimate of drug-likeness (QED) is 0.201. The van der Waals surface area contributed by atoms with Crippen LogP contribution in [0.2, 0.25) is 0 Å². The van der Waals surface area contributed by atoms with Gasteiger partial charge in [-0.2, -0.15) is 0 Å². The molecule has 1 amide bonds. The van der Waals surface area contributed by atoms with Crippen LogP contribution in [0.3, 0.4) is 0 Å². The van der Waals surface area contributed by atoms with Gasteiger partial charge in [0.05, 0.1) is 18.0 Å². The highest BCUT2D eigenvalue weighted by molar-refractivity contribution is 6.11. The van der Waals surface area contributed by atoms with Gasteiger partial charge in [0, 0.05) is 55.7 Å². The number of pyridine rings is 1. The maximum absolute atomic E-state index is 13.3. The maximum atomic E-state index is 13.3. The van der Waals surface area contributed by atoms with E-state index in [2.05, 4.69) is 16.9 Å². The minimum absolute atomic E-state index is 0.00936. The van der Waals surface area contributed by atoms with E-state index in [9.17, 15) is 14.4 Å². The molecule has 3 heterocycles. The van der Waals surface area contributed by atoms with Crippen LogP contribution in [-0.2, 0) is 22.4 Å². The third-order valence-electron chi connectivity index (χ3n) is 9.75. The number of Topliss-reactive ketones (excluding diaryl/α,β-unsaturated/α-hetero) is 2. The first-order chi connectivity index (χ1) is 22.2. The summed E-state index contributed by atoms with van der Waals surface area (Å²) >= 11 is 0. The van der Waals surface area contributed by atoms with Crippen LogP contribution in [0.5, 0.6) is 23.0 Å². The molecule has 2 atom stereocenters. The largest absolute Gasteiger partial charge is 0.493 e. The Bertz CT molecular complexity index is 1810. The summed E-state index contributed by atoms with van der Waals surface area (Å²) in [5, 5.41) is 0.697. The zero-order valence-electron chi connectivity index (χ0n) is 26.3. The number of piperazine rings is 1. The van der Waals surface area contributed by atoms with Gasteiger partial charge in [-0.3, -0.25) is 19.5 Å². The number of nitrogens with zero attached hydrogens (tertiary/aromatic N) is 3. The summed E-state index contributed by atoms with van der Waals surface area (Å²) in [7, 11) is 3.62. The molecule has 7 rings (SSSR count). The number of likely N-dealkylation sites (tertiary alicyclic amines) is 2. The van der Waals surface area contributed by atoms with Gasteiger partial charge in [-0.15, -0.1) is 0 Å². The monoisotopic (exact) mass is 619 g/mol. The number of carbonyl (C=O) groups is 3. The number of benzene rings is 3. The molecule has 9 nitrogen and oxygen atoms in total. The fourth-order valence-corrected chi connectivity index (χ4v) is 6.75. The molecule has 236 valence electrons. The van der Waals surface area contributed by atoms with Gasteiger partial charge in [-0.1, -0.05) is 42.0 Å². The number of likely N-dealkylation sites (N-methyl/N-ethyl adjacent to an activating group) is 1. The molecule has 2 aliphatic heterocycles. The van der Waals surface area contributed by atoms with E-state index in [1.54, 1.807) is 29.3 Å². The van der Waals surface area contributed by atoms with Crippen LogP contribution in [0.4, 0.5) is 4.79 Å². The maximum Gasteiger partial charge on any atom is 0.415 e. The molecule has 9 heteroatoms. The highest BCUT2D eigenvalue weighted by atomic mass is 16.6. The van der Waals surface area contributed by atoms with Crippen molar-refractivity contribution in [2.24, 2.45) is 5.41 Å². The Morgan fingerprint density at radius 1 is 0.848 bits per heavy atom. The molecule has 3 aliphatic rings. The van der Waals surface area contributed by atoms with Crippen molar-refractivity contribution in [3.05, 3.63) is 89.6 Å². The van der Waals surface area contributed by atoms with Crippen LogP contribution >= 0.6 is 0 Å². The number of ketones is 2. The van der Waals surface area contributed by atoms with Crippen molar-refractivity contribution in [1.29, 1.82) is 0 Å². The van der Waals surface area contributed by atoms with Crippen LogP contribution in [-0.4, -0.2) is 71.8 Å². The Morgan fingerprint density at radius 2 is 1.52 bits per heavy atom. The fourth-order valence-electron chi connectivity index (χ4n) is 6.75. The summed E-state index contributed by atoms with van der Waals surface area (Å²) in [6.07, 6.45) is 3.95. The second kappa shape index (κ2) is 11.9. The summed E-state index contributed by atoms with van der Waals surface area (Å²) in [5.41, 5.74) is 2.65. The number of aromatic nitrogens is 1. The van der Waals surface area contributed by atoms with E-state index in [4.69, 9.17) is 14.2 Å². The SMILES string of the molecule is COc1cc2c(Oc3ccc(CC(=O)C4(C(=O)Cc5ccc(C)cc5)CC4)cc3)ccnc2cc1OC(=O)N1C[C@@H]2C[C@H]1CN2C. The second-order valence-corrected chi connectivity index (χ2v) is 12.8. The molecule has 1 aliphatic carbocycles. The van der Waals surface area contributed by atoms with Crippen molar-refractivity contribution in [3.8, 4) is 23.0 Å². The topological polar surface area (TPSA) is 98.3 Å². The summed E-state index contributed by atoms with van der Waals surface area (Å²) < 4.78 is 17.6. The molecule has 3 fully saturated rings. The van der Waals surface area contributed by atoms with Gasteiger partial charge in [0.25, 0.3) is 0 Å². The predicted molar refractivity (Wildman–Crippen MR) is 173 cm³/mol. The number of aryl methyl sites for hydroxylation is 1. The van der Waals surface area contributed by atoms with E-state index in [-0.39, 0.29) is 36.5 Å². The van der Waals surface area contributed by atoms with E-state index in [0.717, 1.165) is 29.7 Å². The fraction of sp³-hybridized carbons (Fsp3) is 0.351. The first-order valence-corrected chi connectivity index (χ1v) is 15.8. The summed E-state index contributed by atoms with van der Waals surface area (Å²) in [6.45, 7) is 3.52. The van der Waals surface area contributed by atoms with Gasteiger partial charge in [0.15, 0.2) is 23.1 Å². The smallest absolute Gasteiger partial charge is 0.415 e. The van der Waals surface area contributed by atoms with Crippen molar-refractivity contribution in [2.45, 2.75) is 51.1 Å². The molecule has 0 N–H and O–H groups in total. The summed E-state index contributed by atoms with van der Waals surface area (Å²) in [6, 6.07) is 21.0. The first kappa shape index (κ1) is 29.9. The molecule has 2 bridgehead atoms. The second-order valence-electron chi connectivity index (χ2n) is 12.8. The highest BCUT2D eigenvalue weighted by Gasteiger charge is 2.54. The lowest BCUT2D eigenvalue weighted by Gasteiger charge is -2.31. The molecule has 0 unspecified atom stereocenters. The third-order valence-corrected chi connectivity index (χ3v) is 9.75. The van der Waals surface area contributed by atoms with Crippen molar-refractivity contribution in [3.63, 3.8) is 0 Å². The van der Waals surface area contributed by atoms with Crippen molar-refractivity contribution in [1.82, 2.24) is 14.8 Å². The number of amides is 1. The van der Waals surface area contributed by atoms with Gasteiger partial charge >= 0.3 is 6.09 Å². The standard InChI is InChI=1S/C37H37N3O6/c1-23-4-6-24(7-5-23)16-34(41)37(13-14-37)35(42)17-25-8-10-28(11-9-25)45-31-12-15-38-30-20-33(32(44-3)19-29(30)31)46-36(43)40-22-26-18-27(40)21-39(26)2/h4-12,15,19-20,26-27H,13-14,16-18,21-22H2,1-3H3/t26-,27-/m0/s1. The molecule has 3 aromatic carbocycles. The Labute approximate surface area is 268 Å². The van der Waals surface area contributed by atoms with Gasteiger partial charge in [0.2, 0.25) is 0 Å². The van der Waals surface area contributed by atoms with Crippen LogP contribution in [0.15, 0.2) is 72.9 Å². The van der Waals surface area contributed by atoms with E-state index in [0.29, 0.717) is 59.3 Å². The molecule has 0 spiro atoms. The lowest BCUT2D eigenvalue weighted by Crippen LogP contribution is -2.48. The van der Waals surface area contributed by atoms with Gasteiger partial charge in [-0.25, -0.2) is 4.79 Å². The number of hydrogen-bond acceptors (Lipinski definition) is 8. The van der Waals surface area contributed by atoms with E-state index in [1.165, 1.54) is 7.11 Å². The Kier molecular flexibility index (Phi) is 7.72. The summed E-state index contributed by atoms with van der Waals surface area (Å²) in [5.74, 6) is 1.84. The Hall–Kier alpha value is -4.76. The Balaban J connectivity index is 1.02. The number of rotatable bonds is 10. The van der Waals surface area contributed by atoms with Gasteiger partial charge in [-0.05, 0) is 68.6 Å². The molecular formula is C37H37N3O6. The normalized spacial score (nSPS) is 19.7. The van der Waals surface area contributed by atoms with Crippen LogP contribution in [0.1, 0.15) is 36.0 Å². The first-order valence-electron chi connectivity index (χ1n) is 15.8. The van der Waals surface area contributed by atoms with Gasteiger partial charge in [0.1, 0.15) is 11.5 Å². The number of hydrogen-bond donors (Lipinski definition) is 0. The van der Waals surface area contributed by atoms with E-state index in [1.807, 2.05) is 55.5 Å². The zero-order valence-corrected chi connectivity index (χ0v) is 26.3. The van der Waals surface area contributed by atoms with Crippen molar-refractivity contribution < 1.29 is 28.6 Å². The van der Waals surface area contributed by atoms with Crippen LogP contribution < -0.4 is 14.2 Å². The van der Waals surface area contributed by atoms with E-state index >= 15 is 0 Å². The number of methoxy groups -OCH3 is 1. The van der Waals surface area contributed by atoms with Crippen LogP contribution in [0.25, 0.3) is 10.9 Å². The minimum atomic E-state index is -0.854. The van der Waals surface area contributed by atoms with Crippen molar-refractivity contribution in [2.75, 3.05) is 27.2 Å². The predicted octanol–water partition coefficient (Wildman–Crippen LogP) is 5.93. The number of carbonyl (C=O) groups excluding carboxylic acids is 3. The Morgan fingerprint density at radius 3 is 2.11 bits per heavy atom. The van der Waals surface area contributed by atoms with Gasteiger partial charge < -0.3 is 19.1 Å². The van der Waals surface area contributed by atoms with E-state index < -0.39 is 5.41 Å². The average molecular weight is 620 g/mol.